The van der Waals surface area contributed by atoms with E-state index >= 15 is 0 Å². The highest BCUT2D eigenvalue weighted by Gasteiger charge is 2.14. The SMILES string of the molecule is Cc1cc2sc(NC(=S)NC(=O)c3cccc([N+](=O)[O-])c3)nc2cc1Cl. The standard InChI is InChI=1S/C16H11ClN4O3S2/c1-8-5-13-12(7-11(8)17)18-16(26-13)20-15(25)19-14(22)9-3-2-4-10(6-9)21(23)24/h2-7H,1H3,(H2,18,19,20,22,25). The number of nitro benzene ring substituents is 1. The van der Waals surface area contributed by atoms with E-state index in [2.05, 4.69) is 15.6 Å². The number of rotatable bonds is 3. The Labute approximate surface area is 162 Å². The number of aromatic nitrogens is 1. The fourth-order valence-electron chi connectivity index (χ4n) is 2.17. The van der Waals surface area contributed by atoms with Gasteiger partial charge in [-0.15, -0.1) is 0 Å². The van der Waals surface area contributed by atoms with Crippen LogP contribution in [0.4, 0.5) is 10.8 Å². The molecule has 0 atom stereocenters. The van der Waals surface area contributed by atoms with Crippen LogP contribution in [-0.2, 0) is 0 Å². The van der Waals surface area contributed by atoms with Gasteiger partial charge in [0.25, 0.3) is 11.6 Å². The summed E-state index contributed by atoms with van der Waals surface area (Å²) in [6.45, 7) is 1.90. The highest BCUT2D eigenvalue weighted by Crippen LogP contribution is 2.30. The largest absolute Gasteiger partial charge is 0.308 e. The van der Waals surface area contributed by atoms with E-state index in [1.807, 2.05) is 13.0 Å². The van der Waals surface area contributed by atoms with E-state index in [4.69, 9.17) is 23.8 Å². The molecule has 0 radical (unpaired) electrons. The second-order valence-corrected chi connectivity index (χ2v) is 7.15. The van der Waals surface area contributed by atoms with Crippen LogP contribution in [-0.4, -0.2) is 20.9 Å². The number of carbonyl (C=O) groups is 1. The molecule has 10 heteroatoms. The van der Waals surface area contributed by atoms with Crippen molar-refractivity contribution in [2.24, 2.45) is 0 Å². The molecule has 3 aromatic rings. The minimum absolute atomic E-state index is 0.0448. The van der Waals surface area contributed by atoms with Gasteiger partial charge in [0.2, 0.25) is 0 Å². The summed E-state index contributed by atoms with van der Waals surface area (Å²) in [5.41, 5.74) is 1.63. The van der Waals surface area contributed by atoms with Crippen molar-refractivity contribution in [2.75, 3.05) is 5.32 Å². The molecular weight excluding hydrogens is 396 g/mol. The maximum absolute atomic E-state index is 12.2. The number of halogens is 1. The van der Waals surface area contributed by atoms with E-state index in [1.165, 1.54) is 35.6 Å². The first-order valence-corrected chi connectivity index (χ1v) is 8.87. The number of anilines is 1. The molecule has 2 N–H and O–H groups in total. The topological polar surface area (TPSA) is 97.2 Å². The molecule has 1 amide bonds. The molecule has 0 aliphatic rings. The lowest BCUT2D eigenvalue weighted by Gasteiger charge is -2.06. The number of amides is 1. The van der Waals surface area contributed by atoms with Crippen LogP contribution >= 0.6 is 35.2 Å². The van der Waals surface area contributed by atoms with Crippen molar-refractivity contribution in [3.8, 4) is 0 Å². The maximum atomic E-state index is 12.2. The van der Waals surface area contributed by atoms with E-state index in [0.717, 1.165) is 15.8 Å². The number of hydrogen-bond acceptors (Lipinski definition) is 6. The van der Waals surface area contributed by atoms with Crippen LogP contribution < -0.4 is 10.6 Å². The molecule has 0 saturated heterocycles. The monoisotopic (exact) mass is 406 g/mol. The zero-order valence-electron chi connectivity index (χ0n) is 13.3. The quantitative estimate of drug-likeness (QED) is 0.382. The van der Waals surface area contributed by atoms with E-state index in [9.17, 15) is 14.9 Å². The number of hydrogen-bond donors (Lipinski definition) is 2. The van der Waals surface area contributed by atoms with E-state index in [-0.39, 0.29) is 16.4 Å². The van der Waals surface area contributed by atoms with Crippen LogP contribution in [0.1, 0.15) is 15.9 Å². The fraction of sp³-hybridized carbons (Fsp3) is 0.0625. The van der Waals surface area contributed by atoms with Crippen LogP contribution in [0.5, 0.6) is 0 Å². The van der Waals surface area contributed by atoms with E-state index < -0.39 is 10.8 Å². The van der Waals surface area contributed by atoms with Crippen molar-refractivity contribution in [3.05, 3.63) is 62.7 Å². The van der Waals surface area contributed by atoms with Gasteiger partial charge in [-0.25, -0.2) is 4.98 Å². The third-order valence-electron chi connectivity index (χ3n) is 3.44. The Morgan fingerprint density at radius 3 is 2.85 bits per heavy atom. The molecule has 2 aromatic carbocycles. The molecule has 0 fully saturated rings. The first kappa shape index (κ1) is 18.2. The zero-order chi connectivity index (χ0) is 18.8. The average molecular weight is 407 g/mol. The van der Waals surface area contributed by atoms with E-state index in [1.54, 1.807) is 6.07 Å². The molecule has 1 heterocycles. The van der Waals surface area contributed by atoms with Crippen molar-refractivity contribution in [2.45, 2.75) is 6.92 Å². The van der Waals surface area contributed by atoms with Gasteiger partial charge in [0, 0.05) is 22.7 Å². The van der Waals surface area contributed by atoms with Gasteiger partial charge in [0.1, 0.15) is 0 Å². The number of nitrogens with one attached hydrogen (secondary N) is 2. The number of benzene rings is 2. The minimum atomic E-state index is -0.568. The zero-order valence-corrected chi connectivity index (χ0v) is 15.7. The van der Waals surface area contributed by atoms with Gasteiger partial charge < -0.3 is 5.32 Å². The molecule has 26 heavy (non-hydrogen) atoms. The molecule has 1 aromatic heterocycles. The van der Waals surface area contributed by atoms with Gasteiger partial charge in [0.05, 0.1) is 15.1 Å². The van der Waals surface area contributed by atoms with Crippen LogP contribution in [0.2, 0.25) is 5.02 Å². The Morgan fingerprint density at radius 2 is 2.12 bits per heavy atom. The Kier molecular flexibility index (Phi) is 5.12. The lowest BCUT2D eigenvalue weighted by atomic mass is 10.2. The number of thiazole rings is 1. The Morgan fingerprint density at radius 1 is 1.35 bits per heavy atom. The van der Waals surface area contributed by atoms with Crippen molar-refractivity contribution >= 4 is 67.2 Å². The Bertz CT molecular complexity index is 1010. The molecule has 3 rings (SSSR count). The van der Waals surface area contributed by atoms with Crippen LogP contribution in [0.25, 0.3) is 10.2 Å². The predicted molar refractivity (Wildman–Crippen MR) is 106 cm³/mol. The molecule has 7 nitrogen and oxygen atoms in total. The first-order valence-electron chi connectivity index (χ1n) is 7.27. The normalized spacial score (nSPS) is 10.5. The highest BCUT2D eigenvalue weighted by molar-refractivity contribution is 7.80. The Hall–Kier alpha value is -2.62. The van der Waals surface area contributed by atoms with Crippen molar-refractivity contribution in [3.63, 3.8) is 0 Å². The van der Waals surface area contributed by atoms with Crippen LogP contribution in [0.15, 0.2) is 36.4 Å². The molecule has 0 unspecified atom stereocenters. The smallest absolute Gasteiger partial charge is 0.270 e. The molecule has 0 bridgehead atoms. The van der Waals surface area contributed by atoms with Gasteiger partial charge >= 0.3 is 0 Å². The molecular formula is C16H11ClN4O3S2. The number of nitro groups is 1. The number of thiocarbonyl (C=S) groups is 1. The summed E-state index contributed by atoms with van der Waals surface area (Å²) in [7, 11) is 0. The molecule has 0 saturated carbocycles. The lowest BCUT2D eigenvalue weighted by molar-refractivity contribution is -0.384. The predicted octanol–water partition coefficient (Wildman–Crippen LogP) is 4.29. The third kappa shape index (κ3) is 3.96. The lowest BCUT2D eigenvalue weighted by Crippen LogP contribution is -2.34. The van der Waals surface area contributed by atoms with Gasteiger partial charge in [0.15, 0.2) is 10.2 Å². The number of fused-ring (bicyclic) bond motifs is 1. The third-order valence-corrected chi connectivity index (χ3v) is 4.98. The first-order chi connectivity index (χ1) is 12.3. The maximum Gasteiger partial charge on any atom is 0.270 e. The second kappa shape index (κ2) is 7.32. The van der Waals surface area contributed by atoms with Gasteiger partial charge in [-0.2, -0.15) is 0 Å². The summed E-state index contributed by atoms with van der Waals surface area (Å²) in [5, 5.41) is 17.3. The molecule has 0 spiro atoms. The van der Waals surface area contributed by atoms with E-state index in [0.29, 0.717) is 10.2 Å². The summed E-state index contributed by atoms with van der Waals surface area (Å²) in [6, 6.07) is 9.07. The van der Waals surface area contributed by atoms with Gasteiger partial charge in [-0.1, -0.05) is 29.0 Å². The molecule has 132 valence electrons. The fourth-order valence-corrected chi connectivity index (χ4v) is 3.53. The van der Waals surface area contributed by atoms with Crippen molar-refractivity contribution < 1.29 is 9.72 Å². The second-order valence-electron chi connectivity index (χ2n) is 5.30. The Balaban J connectivity index is 1.71. The summed E-state index contributed by atoms with van der Waals surface area (Å²) < 4.78 is 0.933. The summed E-state index contributed by atoms with van der Waals surface area (Å²) in [4.78, 5) is 26.8. The summed E-state index contributed by atoms with van der Waals surface area (Å²) in [5.74, 6) is -0.550. The van der Waals surface area contributed by atoms with Crippen LogP contribution in [0, 0.1) is 17.0 Å². The number of aryl methyl sites for hydroxylation is 1. The molecule has 0 aliphatic carbocycles. The number of non-ortho nitro benzene ring substituents is 1. The van der Waals surface area contributed by atoms with Crippen molar-refractivity contribution in [1.29, 1.82) is 0 Å². The summed E-state index contributed by atoms with van der Waals surface area (Å²) in [6.07, 6.45) is 0. The minimum Gasteiger partial charge on any atom is -0.308 e. The summed E-state index contributed by atoms with van der Waals surface area (Å²) >= 11 is 12.6. The highest BCUT2D eigenvalue weighted by atomic mass is 35.5. The van der Waals surface area contributed by atoms with Gasteiger partial charge in [-0.3, -0.25) is 20.2 Å². The van der Waals surface area contributed by atoms with Crippen LogP contribution in [0.3, 0.4) is 0 Å². The average Bonchev–Trinajstić information content (AvgIpc) is 2.96. The number of nitrogens with zero attached hydrogens (tertiary/aromatic N) is 2. The number of carbonyl (C=O) groups excluding carboxylic acids is 1. The van der Waals surface area contributed by atoms with Gasteiger partial charge in [-0.05, 0) is 42.9 Å². The van der Waals surface area contributed by atoms with Crippen molar-refractivity contribution in [1.82, 2.24) is 10.3 Å². The molecule has 0 aliphatic heterocycles.